The lowest BCUT2D eigenvalue weighted by Crippen LogP contribution is -2.31. The average molecular weight is 311 g/mol. The third-order valence-electron chi connectivity index (χ3n) is 4.23. The smallest absolute Gasteiger partial charge is 0.152 e. The summed E-state index contributed by atoms with van der Waals surface area (Å²) >= 11 is 0. The zero-order valence-electron chi connectivity index (χ0n) is 12.6. The standard InChI is InChI=1S/C15H22N4O.ClH/c1-11-3-4-13(20-11)14-12(7-17-18-14)8-19-6-5-15(2,9-16)10-19;/h3-4,7H,5-6,8-10,16H2,1-2H3,(H,17,18);1H. The van der Waals surface area contributed by atoms with Gasteiger partial charge in [-0.2, -0.15) is 5.10 Å². The summed E-state index contributed by atoms with van der Waals surface area (Å²) in [5, 5.41) is 7.22. The first-order valence-corrected chi connectivity index (χ1v) is 7.11. The van der Waals surface area contributed by atoms with E-state index in [0.29, 0.717) is 0 Å². The van der Waals surface area contributed by atoms with E-state index in [1.807, 2.05) is 25.3 Å². The van der Waals surface area contributed by atoms with Crippen LogP contribution in [0.4, 0.5) is 0 Å². The number of nitrogens with zero attached hydrogens (tertiary/aromatic N) is 2. The van der Waals surface area contributed by atoms with Gasteiger partial charge < -0.3 is 10.2 Å². The fourth-order valence-electron chi connectivity index (χ4n) is 2.88. The number of aryl methyl sites for hydroxylation is 1. The Labute approximate surface area is 131 Å². The molecule has 21 heavy (non-hydrogen) atoms. The van der Waals surface area contributed by atoms with Gasteiger partial charge in [0.1, 0.15) is 11.5 Å². The van der Waals surface area contributed by atoms with E-state index in [2.05, 4.69) is 22.0 Å². The number of halogens is 1. The van der Waals surface area contributed by atoms with Gasteiger partial charge in [0.05, 0.1) is 6.20 Å². The topological polar surface area (TPSA) is 71.1 Å². The second-order valence-electron chi connectivity index (χ2n) is 6.16. The van der Waals surface area contributed by atoms with E-state index < -0.39 is 0 Å². The predicted octanol–water partition coefficient (Wildman–Crippen LogP) is 2.57. The zero-order valence-corrected chi connectivity index (χ0v) is 13.4. The lowest BCUT2D eigenvalue weighted by Gasteiger charge is -2.22. The molecule has 1 fully saturated rings. The van der Waals surface area contributed by atoms with Gasteiger partial charge in [-0.15, -0.1) is 12.4 Å². The zero-order chi connectivity index (χ0) is 14.2. The van der Waals surface area contributed by atoms with Crippen molar-refractivity contribution in [3.8, 4) is 11.5 Å². The molecule has 3 heterocycles. The molecule has 3 rings (SSSR count). The first-order valence-electron chi connectivity index (χ1n) is 7.11. The molecule has 0 saturated carbocycles. The van der Waals surface area contributed by atoms with Crippen molar-refractivity contribution >= 4 is 12.4 Å². The fraction of sp³-hybridized carbons (Fsp3) is 0.533. The highest BCUT2D eigenvalue weighted by molar-refractivity contribution is 5.85. The number of furan rings is 1. The minimum Gasteiger partial charge on any atom is -0.460 e. The number of aromatic amines is 1. The number of nitrogens with one attached hydrogen (secondary N) is 1. The fourth-order valence-corrected chi connectivity index (χ4v) is 2.88. The van der Waals surface area contributed by atoms with Crippen molar-refractivity contribution in [3.63, 3.8) is 0 Å². The lowest BCUT2D eigenvalue weighted by atomic mass is 9.90. The maximum absolute atomic E-state index is 5.87. The van der Waals surface area contributed by atoms with Crippen molar-refractivity contribution in [1.82, 2.24) is 15.1 Å². The largest absolute Gasteiger partial charge is 0.460 e. The highest BCUT2D eigenvalue weighted by Gasteiger charge is 2.32. The predicted molar refractivity (Wildman–Crippen MR) is 85.3 cm³/mol. The number of hydrogen-bond acceptors (Lipinski definition) is 4. The Kier molecular flexibility index (Phi) is 4.76. The molecule has 116 valence electrons. The summed E-state index contributed by atoms with van der Waals surface area (Å²) in [6.45, 7) is 7.99. The van der Waals surface area contributed by atoms with Gasteiger partial charge in [-0.1, -0.05) is 6.92 Å². The van der Waals surface area contributed by atoms with E-state index in [1.54, 1.807) is 0 Å². The molecule has 1 saturated heterocycles. The molecule has 0 aliphatic carbocycles. The summed E-state index contributed by atoms with van der Waals surface area (Å²) in [4.78, 5) is 2.44. The van der Waals surface area contributed by atoms with Gasteiger partial charge in [0.25, 0.3) is 0 Å². The van der Waals surface area contributed by atoms with E-state index in [1.165, 1.54) is 5.56 Å². The Morgan fingerprint density at radius 3 is 2.90 bits per heavy atom. The van der Waals surface area contributed by atoms with Crippen LogP contribution in [0.25, 0.3) is 11.5 Å². The molecule has 0 amide bonds. The lowest BCUT2D eigenvalue weighted by molar-refractivity contribution is 0.274. The molecule has 0 spiro atoms. The van der Waals surface area contributed by atoms with Crippen LogP contribution in [-0.2, 0) is 6.54 Å². The normalized spacial score (nSPS) is 22.4. The third kappa shape index (κ3) is 3.31. The van der Waals surface area contributed by atoms with Gasteiger partial charge in [0.15, 0.2) is 5.76 Å². The first kappa shape index (κ1) is 16.1. The SMILES string of the molecule is Cc1ccc(-c2[nH]ncc2CN2CCC(C)(CN)C2)o1.Cl. The Morgan fingerprint density at radius 1 is 1.48 bits per heavy atom. The number of hydrogen-bond donors (Lipinski definition) is 2. The Hall–Kier alpha value is -1.30. The number of rotatable bonds is 4. The monoisotopic (exact) mass is 310 g/mol. The Morgan fingerprint density at radius 2 is 2.29 bits per heavy atom. The van der Waals surface area contributed by atoms with Crippen LogP contribution in [0.5, 0.6) is 0 Å². The van der Waals surface area contributed by atoms with Gasteiger partial charge in [-0.25, -0.2) is 0 Å². The van der Waals surface area contributed by atoms with Crippen LogP contribution in [0.3, 0.4) is 0 Å². The van der Waals surface area contributed by atoms with Crippen molar-refractivity contribution in [2.75, 3.05) is 19.6 Å². The van der Waals surface area contributed by atoms with Crippen LogP contribution in [0.15, 0.2) is 22.7 Å². The second kappa shape index (κ2) is 6.22. The van der Waals surface area contributed by atoms with E-state index in [-0.39, 0.29) is 17.8 Å². The van der Waals surface area contributed by atoms with Crippen LogP contribution in [0, 0.1) is 12.3 Å². The molecule has 5 nitrogen and oxygen atoms in total. The molecule has 1 aliphatic heterocycles. The molecule has 1 atom stereocenters. The quantitative estimate of drug-likeness (QED) is 0.910. The van der Waals surface area contributed by atoms with Gasteiger partial charge in [-0.3, -0.25) is 10.00 Å². The van der Waals surface area contributed by atoms with Crippen molar-refractivity contribution in [2.24, 2.45) is 11.1 Å². The molecule has 0 bridgehead atoms. The molecule has 2 aromatic rings. The average Bonchev–Trinajstić information content (AvgIpc) is 3.12. The van der Waals surface area contributed by atoms with Crippen LogP contribution in [-0.4, -0.2) is 34.7 Å². The van der Waals surface area contributed by atoms with E-state index >= 15 is 0 Å². The molecular weight excluding hydrogens is 288 g/mol. The molecule has 1 unspecified atom stereocenters. The summed E-state index contributed by atoms with van der Waals surface area (Å²) in [6.07, 6.45) is 3.06. The minimum absolute atomic E-state index is 0. The number of H-pyrrole nitrogens is 1. The van der Waals surface area contributed by atoms with E-state index in [9.17, 15) is 0 Å². The summed E-state index contributed by atoms with van der Waals surface area (Å²) in [7, 11) is 0. The van der Waals surface area contributed by atoms with Gasteiger partial charge >= 0.3 is 0 Å². The molecule has 0 radical (unpaired) electrons. The van der Waals surface area contributed by atoms with Crippen molar-refractivity contribution < 1.29 is 4.42 Å². The maximum Gasteiger partial charge on any atom is 0.152 e. The van der Waals surface area contributed by atoms with Gasteiger partial charge in [-0.05, 0) is 44.0 Å². The summed E-state index contributed by atoms with van der Waals surface area (Å²) in [5.74, 6) is 1.77. The third-order valence-corrected chi connectivity index (χ3v) is 4.23. The highest BCUT2D eigenvalue weighted by Crippen LogP contribution is 2.31. The van der Waals surface area contributed by atoms with Crippen molar-refractivity contribution in [1.29, 1.82) is 0 Å². The highest BCUT2D eigenvalue weighted by atomic mass is 35.5. The van der Waals surface area contributed by atoms with Crippen molar-refractivity contribution in [2.45, 2.75) is 26.8 Å². The van der Waals surface area contributed by atoms with Crippen LogP contribution in [0.2, 0.25) is 0 Å². The minimum atomic E-state index is 0. The van der Waals surface area contributed by atoms with Crippen molar-refractivity contribution in [3.05, 3.63) is 29.7 Å². The summed E-state index contributed by atoms with van der Waals surface area (Å²) < 4.78 is 5.69. The molecule has 3 N–H and O–H groups in total. The number of aromatic nitrogens is 2. The van der Waals surface area contributed by atoms with E-state index in [0.717, 1.165) is 49.8 Å². The molecule has 1 aliphatic rings. The second-order valence-corrected chi connectivity index (χ2v) is 6.16. The van der Waals surface area contributed by atoms with Gasteiger partial charge in [0.2, 0.25) is 0 Å². The summed E-state index contributed by atoms with van der Waals surface area (Å²) in [6, 6.07) is 3.96. The maximum atomic E-state index is 5.87. The van der Waals surface area contributed by atoms with Crippen LogP contribution in [0.1, 0.15) is 24.7 Å². The molecule has 6 heteroatoms. The molecular formula is C15H23ClN4O. The summed E-state index contributed by atoms with van der Waals surface area (Å²) in [5.41, 5.74) is 8.29. The Balaban J connectivity index is 0.00000161. The molecule has 2 aromatic heterocycles. The van der Waals surface area contributed by atoms with Crippen LogP contribution < -0.4 is 5.73 Å². The number of nitrogens with two attached hydrogens (primary N) is 1. The van der Waals surface area contributed by atoms with Gasteiger partial charge in [0, 0.05) is 18.7 Å². The Bertz CT molecular complexity index is 594. The number of likely N-dealkylation sites (tertiary alicyclic amines) is 1. The van der Waals surface area contributed by atoms with Crippen LogP contribution >= 0.6 is 12.4 Å². The first-order chi connectivity index (χ1) is 9.59. The van der Waals surface area contributed by atoms with E-state index in [4.69, 9.17) is 10.2 Å². The molecule has 0 aromatic carbocycles.